The first-order valence-corrected chi connectivity index (χ1v) is 8.43. The number of fused-ring (bicyclic) bond motifs is 1. The van der Waals surface area contributed by atoms with Crippen molar-refractivity contribution in [1.82, 2.24) is 9.97 Å². The highest BCUT2D eigenvalue weighted by atomic mass is 79.9. The van der Waals surface area contributed by atoms with E-state index >= 15 is 0 Å². The number of anilines is 1. The number of rotatable bonds is 3. The first-order valence-electron chi connectivity index (χ1n) is 5.78. The molecule has 0 amide bonds. The molecule has 0 fully saturated rings. The van der Waals surface area contributed by atoms with E-state index in [-0.39, 0.29) is 5.56 Å². The van der Waals surface area contributed by atoms with Gasteiger partial charge in [0.15, 0.2) is 0 Å². The van der Waals surface area contributed by atoms with Gasteiger partial charge >= 0.3 is 0 Å². The van der Waals surface area contributed by atoms with Gasteiger partial charge in [-0.05, 0) is 29.6 Å². The highest BCUT2D eigenvalue weighted by Crippen LogP contribution is 2.30. The number of nitrogens with one attached hydrogen (secondary N) is 1. The van der Waals surface area contributed by atoms with Gasteiger partial charge in [0, 0.05) is 15.1 Å². The third-order valence-corrected chi connectivity index (χ3v) is 5.18. The van der Waals surface area contributed by atoms with E-state index in [0.29, 0.717) is 16.3 Å². The molecule has 0 aliphatic heterocycles. The van der Waals surface area contributed by atoms with Crippen LogP contribution in [-0.4, -0.2) is 9.97 Å². The second kappa shape index (κ2) is 5.59. The highest BCUT2D eigenvalue weighted by Gasteiger charge is 2.07. The molecule has 7 heteroatoms. The predicted molar refractivity (Wildman–Crippen MR) is 88.4 cm³/mol. The zero-order valence-corrected chi connectivity index (χ0v) is 13.4. The molecule has 0 atom stereocenters. The summed E-state index contributed by atoms with van der Waals surface area (Å²) in [6.45, 7) is 0. The van der Waals surface area contributed by atoms with E-state index in [9.17, 15) is 4.79 Å². The van der Waals surface area contributed by atoms with Crippen LogP contribution >= 0.6 is 39.0 Å². The lowest BCUT2D eigenvalue weighted by Crippen LogP contribution is -2.09. The van der Waals surface area contributed by atoms with Gasteiger partial charge < -0.3 is 10.7 Å². The normalized spacial score (nSPS) is 11.1. The summed E-state index contributed by atoms with van der Waals surface area (Å²) >= 11 is 6.37. The average molecular weight is 368 g/mol. The summed E-state index contributed by atoms with van der Waals surface area (Å²) < 4.78 is 1.64. The molecule has 0 radical (unpaired) electrons. The minimum atomic E-state index is -0.0807. The molecule has 102 valence electrons. The summed E-state index contributed by atoms with van der Waals surface area (Å²) in [5.41, 5.74) is 7.31. The summed E-state index contributed by atoms with van der Waals surface area (Å²) in [7, 11) is 0. The number of thiophene rings is 1. The third kappa shape index (κ3) is 2.74. The molecule has 4 nitrogen and oxygen atoms in total. The number of nitrogens with two attached hydrogens (primary N) is 1. The van der Waals surface area contributed by atoms with Gasteiger partial charge in [0.25, 0.3) is 5.56 Å². The van der Waals surface area contributed by atoms with Crippen LogP contribution < -0.4 is 11.3 Å². The number of nitrogen functional groups attached to an aromatic ring is 1. The number of aromatic amines is 1. The summed E-state index contributed by atoms with van der Waals surface area (Å²) in [5.74, 6) is 1.23. The van der Waals surface area contributed by atoms with E-state index in [4.69, 9.17) is 5.73 Å². The van der Waals surface area contributed by atoms with Crippen molar-refractivity contribution in [3.63, 3.8) is 0 Å². The Labute approximate surface area is 131 Å². The Morgan fingerprint density at radius 3 is 3.10 bits per heavy atom. The number of halogens is 1. The molecule has 3 rings (SSSR count). The fraction of sp³-hybridized carbons (Fsp3) is 0.0769. The monoisotopic (exact) mass is 367 g/mol. The van der Waals surface area contributed by atoms with Crippen LogP contribution in [0.4, 0.5) is 5.69 Å². The maximum atomic E-state index is 11.9. The Hall–Kier alpha value is -1.31. The standard InChI is InChI=1S/C13H10BrN3OS2/c14-7-1-2-8(15)10(5-7)20-6-11-16-9-3-4-19-12(9)13(18)17-11/h1-5H,6,15H2,(H,16,17,18). The van der Waals surface area contributed by atoms with Crippen molar-refractivity contribution in [2.45, 2.75) is 10.6 Å². The maximum Gasteiger partial charge on any atom is 0.268 e. The molecular weight excluding hydrogens is 358 g/mol. The van der Waals surface area contributed by atoms with Crippen molar-refractivity contribution in [1.29, 1.82) is 0 Å². The van der Waals surface area contributed by atoms with Crippen LogP contribution in [0.2, 0.25) is 0 Å². The van der Waals surface area contributed by atoms with Gasteiger partial charge in [-0.2, -0.15) is 0 Å². The predicted octanol–water partition coefficient (Wildman–Crippen LogP) is 3.62. The lowest BCUT2D eigenvalue weighted by Gasteiger charge is -2.05. The van der Waals surface area contributed by atoms with E-state index in [1.807, 2.05) is 29.6 Å². The van der Waals surface area contributed by atoms with Gasteiger partial charge in [-0.3, -0.25) is 4.79 Å². The topological polar surface area (TPSA) is 71.8 Å². The van der Waals surface area contributed by atoms with Crippen molar-refractivity contribution in [3.8, 4) is 0 Å². The summed E-state index contributed by atoms with van der Waals surface area (Å²) in [6, 6.07) is 7.57. The van der Waals surface area contributed by atoms with Crippen LogP contribution in [0.25, 0.3) is 10.2 Å². The Bertz CT molecular complexity index is 828. The fourth-order valence-corrected chi connectivity index (χ4v) is 3.88. The van der Waals surface area contributed by atoms with E-state index in [1.165, 1.54) is 11.3 Å². The molecule has 1 aromatic carbocycles. The van der Waals surface area contributed by atoms with Crippen LogP contribution in [0.5, 0.6) is 0 Å². The number of benzene rings is 1. The van der Waals surface area contributed by atoms with Crippen molar-refractivity contribution in [3.05, 3.63) is 50.3 Å². The zero-order valence-electron chi connectivity index (χ0n) is 10.2. The Kier molecular flexibility index (Phi) is 3.82. The molecule has 3 N–H and O–H groups in total. The van der Waals surface area contributed by atoms with Gasteiger partial charge in [0.2, 0.25) is 0 Å². The number of hydrogen-bond acceptors (Lipinski definition) is 5. The van der Waals surface area contributed by atoms with Gasteiger partial charge in [0.1, 0.15) is 10.5 Å². The number of thioether (sulfide) groups is 1. The van der Waals surface area contributed by atoms with Gasteiger partial charge in [-0.1, -0.05) is 15.9 Å². The minimum Gasteiger partial charge on any atom is -0.398 e. The summed E-state index contributed by atoms with van der Waals surface area (Å²) in [5, 5.41) is 1.87. The second-order valence-electron chi connectivity index (χ2n) is 4.12. The number of aromatic nitrogens is 2. The van der Waals surface area contributed by atoms with Crippen molar-refractivity contribution in [2.24, 2.45) is 0 Å². The van der Waals surface area contributed by atoms with Gasteiger partial charge in [-0.15, -0.1) is 23.1 Å². The SMILES string of the molecule is Nc1ccc(Br)cc1SCc1nc2ccsc2c(=O)[nH]1. The van der Waals surface area contributed by atoms with Crippen molar-refractivity contribution < 1.29 is 0 Å². The molecule has 2 heterocycles. The molecule has 0 saturated heterocycles. The van der Waals surface area contributed by atoms with E-state index in [2.05, 4.69) is 25.9 Å². The Balaban J connectivity index is 1.86. The molecule has 0 bridgehead atoms. The van der Waals surface area contributed by atoms with E-state index < -0.39 is 0 Å². The molecule has 20 heavy (non-hydrogen) atoms. The van der Waals surface area contributed by atoms with Gasteiger partial charge in [0.05, 0.1) is 11.3 Å². The summed E-state index contributed by atoms with van der Waals surface area (Å²) in [6.07, 6.45) is 0. The molecular formula is C13H10BrN3OS2. The van der Waals surface area contributed by atoms with Crippen LogP contribution in [0.1, 0.15) is 5.82 Å². The average Bonchev–Trinajstić information content (AvgIpc) is 2.89. The van der Waals surface area contributed by atoms with Crippen LogP contribution in [0.15, 0.2) is 43.8 Å². The van der Waals surface area contributed by atoms with Crippen LogP contribution in [0.3, 0.4) is 0 Å². The van der Waals surface area contributed by atoms with Crippen LogP contribution in [-0.2, 0) is 5.75 Å². The molecule has 3 aromatic rings. The highest BCUT2D eigenvalue weighted by molar-refractivity contribution is 9.10. The summed E-state index contributed by atoms with van der Waals surface area (Å²) in [4.78, 5) is 20.1. The van der Waals surface area contributed by atoms with Crippen molar-refractivity contribution in [2.75, 3.05) is 5.73 Å². The molecule has 0 aliphatic rings. The lowest BCUT2D eigenvalue weighted by molar-refractivity contribution is 1.04. The Morgan fingerprint density at radius 1 is 1.40 bits per heavy atom. The van der Waals surface area contributed by atoms with Crippen LogP contribution in [0, 0.1) is 0 Å². The minimum absolute atomic E-state index is 0.0807. The maximum absolute atomic E-state index is 11.9. The number of H-pyrrole nitrogens is 1. The van der Waals surface area contributed by atoms with E-state index in [1.54, 1.807) is 11.8 Å². The molecule has 0 unspecified atom stereocenters. The smallest absolute Gasteiger partial charge is 0.268 e. The lowest BCUT2D eigenvalue weighted by atomic mass is 10.3. The Morgan fingerprint density at radius 2 is 2.25 bits per heavy atom. The molecule has 2 aromatic heterocycles. The van der Waals surface area contributed by atoms with Gasteiger partial charge in [-0.25, -0.2) is 4.98 Å². The first kappa shape index (κ1) is 13.7. The third-order valence-electron chi connectivity index (χ3n) is 2.70. The number of nitrogens with zero attached hydrogens (tertiary/aromatic N) is 1. The zero-order chi connectivity index (χ0) is 14.1. The second-order valence-corrected chi connectivity index (χ2v) is 6.97. The largest absolute Gasteiger partial charge is 0.398 e. The van der Waals surface area contributed by atoms with Crippen molar-refractivity contribution >= 4 is 54.9 Å². The first-order chi connectivity index (χ1) is 9.63. The molecule has 0 saturated carbocycles. The quantitative estimate of drug-likeness (QED) is 0.547. The number of hydrogen-bond donors (Lipinski definition) is 2. The van der Waals surface area contributed by atoms with E-state index in [0.717, 1.165) is 20.6 Å². The molecule has 0 aliphatic carbocycles. The fourth-order valence-electron chi connectivity index (χ4n) is 1.77. The molecule has 0 spiro atoms.